The zero-order chi connectivity index (χ0) is 19.1. The molecule has 0 aliphatic carbocycles. The van der Waals surface area contributed by atoms with Crippen LogP contribution in [0.3, 0.4) is 0 Å². The van der Waals surface area contributed by atoms with Gasteiger partial charge in [-0.15, -0.1) is 0 Å². The van der Waals surface area contributed by atoms with Crippen molar-refractivity contribution in [2.24, 2.45) is 5.73 Å². The lowest BCUT2D eigenvalue weighted by atomic mass is 9.95. The standard InChI is InChI=1S/C21H27N3O2/c1-14(2)17-10-9-15(3)11-18(17)21(26)23-13-19(24-20(25)12-22)16-7-5-4-6-8-16/h4-11,14,19H,12-13,22H2,1-3H3,(H,23,26)(H,24,25)/t19-/m1/s1. The fraction of sp³-hybridized carbons (Fsp3) is 0.333. The Morgan fingerprint density at radius 3 is 2.38 bits per heavy atom. The zero-order valence-corrected chi connectivity index (χ0v) is 15.6. The van der Waals surface area contributed by atoms with Crippen molar-refractivity contribution in [2.75, 3.05) is 13.1 Å². The van der Waals surface area contributed by atoms with Gasteiger partial charge in [0.15, 0.2) is 0 Å². The first kappa shape index (κ1) is 19.7. The Balaban J connectivity index is 2.17. The summed E-state index contributed by atoms with van der Waals surface area (Å²) in [6.45, 7) is 6.30. The van der Waals surface area contributed by atoms with Crippen LogP contribution in [0.2, 0.25) is 0 Å². The van der Waals surface area contributed by atoms with Crippen LogP contribution in [0.25, 0.3) is 0 Å². The number of hydrogen-bond acceptors (Lipinski definition) is 3. The molecule has 0 aliphatic heterocycles. The molecule has 0 saturated carbocycles. The lowest BCUT2D eigenvalue weighted by Crippen LogP contribution is -2.40. The number of amides is 2. The molecule has 2 aromatic rings. The van der Waals surface area contributed by atoms with Crippen LogP contribution in [-0.4, -0.2) is 24.9 Å². The first-order valence-corrected chi connectivity index (χ1v) is 8.85. The molecule has 0 unspecified atom stereocenters. The predicted octanol–water partition coefficient (Wildman–Crippen LogP) is 2.66. The van der Waals surface area contributed by atoms with Gasteiger partial charge in [-0.25, -0.2) is 0 Å². The number of nitrogens with one attached hydrogen (secondary N) is 2. The second kappa shape index (κ2) is 9.15. The molecule has 0 bridgehead atoms. The van der Waals surface area contributed by atoms with E-state index >= 15 is 0 Å². The number of nitrogens with two attached hydrogens (primary N) is 1. The van der Waals surface area contributed by atoms with Crippen LogP contribution in [0.4, 0.5) is 0 Å². The number of rotatable bonds is 7. The van der Waals surface area contributed by atoms with Crippen LogP contribution in [-0.2, 0) is 4.79 Å². The first-order chi connectivity index (χ1) is 12.4. The SMILES string of the molecule is Cc1ccc(C(C)C)c(C(=O)NC[C@@H](NC(=O)CN)c2ccccc2)c1. The highest BCUT2D eigenvalue weighted by Crippen LogP contribution is 2.21. The molecule has 5 heteroatoms. The normalized spacial score (nSPS) is 11.9. The van der Waals surface area contributed by atoms with Gasteiger partial charge in [-0.3, -0.25) is 9.59 Å². The van der Waals surface area contributed by atoms with Crippen LogP contribution in [0.15, 0.2) is 48.5 Å². The van der Waals surface area contributed by atoms with E-state index in [1.54, 1.807) is 0 Å². The third-order valence-electron chi connectivity index (χ3n) is 4.26. The van der Waals surface area contributed by atoms with Gasteiger partial charge in [-0.05, 0) is 30.0 Å². The van der Waals surface area contributed by atoms with Gasteiger partial charge in [-0.2, -0.15) is 0 Å². The van der Waals surface area contributed by atoms with Crippen molar-refractivity contribution in [3.63, 3.8) is 0 Å². The van der Waals surface area contributed by atoms with Gasteiger partial charge in [0.1, 0.15) is 0 Å². The first-order valence-electron chi connectivity index (χ1n) is 8.85. The van der Waals surface area contributed by atoms with E-state index in [9.17, 15) is 9.59 Å². The summed E-state index contributed by atoms with van der Waals surface area (Å²) in [6.07, 6.45) is 0. The van der Waals surface area contributed by atoms with Crippen molar-refractivity contribution in [3.8, 4) is 0 Å². The third-order valence-corrected chi connectivity index (χ3v) is 4.26. The van der Waals surface area contributed by atoms with Crippen molar-refractivity contribution >= 4 is 11.8 Å². The van der Waals surface area contributed by atoms with Crippen molar-refractivity contribution in [1.82, 2.24) is 10.6 Å². The lowest BCUT2D eigenvalue weighted by Gasteiger charge is -2.20. The van der Waals surface area contributed by atoms with Crippen molar-refractivity contribution in [3.05, 3.63) is 70.8 Å². The van der Waals surface area contributed by atoms with Crippen LogP contribution < -0.4 is 16.4 Å². The molecule has 2 amide bonds. The van der Waals surface area contributed by atoms with Gasteiger partial charge in [0.2, 0.25) is 5.91 Å². The van der Waals surface area contributed by atoms with Crippen molar-refractivity contribution in [1.29, 1.82) is 0 Å². The smallest absolute Gasteiger partial charge is 0.251 e. The summed E-state index contributed by atoms with van der Waals surface area (Å²) in [5, 5.41) is 5.81. The van der Waals surface area contributed by atoms with E-state index in [1.165, 1.54) is 0 Å². The number of carbonyl (C=O) groups excluding carboxylic acids is 2. The molecule has 0 aliphatic rings. The Morgan fingerprint density at radius 1 is 1.08 bits per heavy atom. The summed E-state index contributed by atoms with van der Waals surface area (Å²) in [7, 11) is 0. The summed E-state index contributed by atoms with van der Waals surface area (Å²) in [4.78, 5) is 24.5. The third kappa shape index (κ3) is 5.17. The monoisotopic (exact) mass is 353 g/mol. The number of benzene rings is 2. The maximum atomic E-state index is 12.8. The van der Waals surface area contributed by atoms with Gasteiger partial charge in [0.25, 0.3) is 5.91 Å². The average Bonchev–Trinajstić information content (AvgIpc) is 2.64. The minimum absolute atomic E-state index is 0.0906. The Kier molecular flexibility index (Phi) is 6.92. The molecule has 2 aromatic carbocycles. The molecule has 1 atom stereocenters. The molecule has 0 heterocycles. The minimum Gasteiger partial charge on any atom is -0.350 e. The Labute approximate surface area is 155 Å². The largest absolute Gasteiger partial charge is 0.350 e. The summed E-state index contributed by atoms with van der Waals surface area (Å²) < 4.78 is 0. The number of carbonyl (C=O) groups is 2. The highest BCUT2D eigenvalue weighted by atomic mass is 16.2. The molecule has 5 nitrogen and oxygen atoms in total. The summed E-state index contributed by atoms with van der Waals surface area (Å²) in [6, 6.07) is 15.1. The second-order valence-corrected chi connectivity index (χ2v) is 6.69. The maximum absolute atomic E-state index is 12.8. The minimum atomic E-state index is -0.330. The Bertz CT molecular complexity index is 757. The summed E-state index contributed by atoms with van der Waals surface area (Å²) in [5.74, 6) is -0.148. The van der Waals surface area contributed by atoms with E-state index < -0.39 is 0 Å². The van der Waals surface area contributed by atoms with Gasteiger partial charge >= 0.3 is 0 Å². The van der Waals surface area contributed by atoms with Gasteiger partial charge in [-0.1, -0.05) is 61.9 Å². The highest BCUT2D eigenvalue weighted by Gasteiger charge is 2.18. The fourth-order valence-electron chi connectivity index (χ4n) is 2.85. The Hall–Kier alpha value is -2.66. The van der Waals surface area contributed by atoms with Gasteiger partial charge < -0.3 is 16.4 Å². The van der Waals surface area contributed by atoms with E-state index in [4.69, 9.17) is 5.73 Å². The summed E-state index contributed by atoms with van der Waals surface area (Å²) in [5.41, 5.74) is 9.06. The van der Waals surface area contributed by atoms with Crippen LogP contribution >= 0.6 is 0 Å². The van der Waals surface area contributed by atoms with E-state index in [2.05, 4.69) is 24.5 Å². The second-order valence-electron chi connectivity index (χ2n) is 6.69. The summed E-state index contributed by atoms with van der Waals surface area (Å²) >= 11 is 0. The molecule has 138 valence electrons. The molecule has 0 spiro atoms. The van der Waals surface area contributed by atoms with E-state index in [1.807, 2.05) is 55.5 Å². The molecule has 0 fully saturated rings. The predicted molar refractivity (Wildman–Crippen MR) is 104 cm³/mol. The molecule has 0 saturated heterocycles. The molecular formula is C21H27N3O2. The van der Waals surface area contributed by atoms with Crippen LogP contribution in [0, 0.1) is 6.92 Å². The Morgan fingerprint density at radius 2 is 1.77 bits per heavy atom. The van der Waals surface area contributed by atoms with E-state index in [-0.39, 0.29) is 30.3 Å². The fourth-order valence-corrected chi connectivity index (χ4v) is 2.85. The topological polar surface area (TPSA) is 84.2 Å². The van der Waals surface area contributed by atoms with Crippen molar-refractivity contribution < 1.29 is 9.59 Å². The molecule has 4 N–H and O–H groups in total. The van der Waals surface area contributed by atoms with Crippen LogP contribution in [0.5, 0.6) is 0 Å². The van der Waals surface area contributed by atoms with E-state index in [0.29, 0.717) is 12.1 Å². The highest BCUT2D eigenvalue weighted by molar-refractivity contribution is 5.96. The molecule has 2 rings (SSSR count). The average molecular weight is 353 g/mol. The number of aryl methyl sites for hydroxylation is 1. The maximum Gasteiger partial charge on any atom is 0.251 e. The molecular weight excluding hydrogens is 326 g/mol. The van der Waals surface area contributed by atoms with Gasteiger partial charge in [0.05, 0.1) is 12.6 Å². The number of hydrogen-bond donors (Lipinski definition) is 3. The lowest BCUT2D eigenvalue weighted by molar-refractivity contribution is -0.120. The van der Waals surface area contributed by atoms with Gasteiger partial charge in [0, 0.05) is 12.1 Å². The van der Waals surface area contributed by atoms with Crippen molar-refractivity contribution in [2.45, 2.75) is 32.7 Å². The molecule has 26 heavy (non-hydrogen) atoms. The zero-order valence-electron chi connectivity index (χ0n) is 15.6. The molecule has 0 aromatic heterocycles. The van der Waals surface area contributed by atoms with Crippen LogP contribution in [0.1, 0.15) is 52.9 Å². The molecule has 0 radical (unpaired) electrons. The quantitative estimate of drug-likeness (QED) is 0.715. The van der Waals surface area contributed by atoms with E-state index in [0.717, 1.165) is 16.7 Å².